The maximum atomic E-state index is 11.9. The second kappa shape index (κ2) is 4.94. The molecule has 1 unspecified atom stereocenters. The SMILES string of the molecule is CC(C)CC1C(=O)Nc2cc(-c3ccc(Cl)cc3)nn21. The lowest BCUT2D eigenvalue weighted by atomic mass is 10.0. The second-order valence-electron chi connectivity index (χ2n) is 5.50. The first kappa shape index (κ1) is 13.2. The van der Waals surface area contributed by atoms with E-state index in [0.29, 0.717) is 10.9 Å². The molecule has 2 aromatic rings. The van der Waals surface area contributed by atoms with Gasteiger partial charge >= 0.3 is 0 Å². The van der Waals surface area contributed by atoms with Crippen molar-refractivity contribution in [2.45, 2.75) is 26.3 Å². The fourth-order valence-corrected chi connectivity index (χ4v) is 2.59. The highest BCUT2D eigenvalue weighted by Crippen LogP contribution is 2.32. The fourth-order valence-electron chi connectivity index (χ4n) is 2.46. The summed E-state index contributed by atoms with van der Waals surface area (Å²) in [7, 11) is 0. The first-order valence-corrected chi connectivity index (χ1v) is 7.09. The van der Waals surface area contributed by atoms with E-state index >= 15 is 0 Å². The minimum absolute atomic E-state index is 0.0313. The van der Waals surface area contributed by atoms with Crippen molar-refractivity contribution >= 4 is 23.3 Å². The van der Waals surface area contributed by atoms with Crippen LogP contribution in [0.2, 0.25) is 5.02 Å². The van der Waals surface area contributed by atoms with Crippen LogP contribution in [0, 0.1) is 5.92 Å². The molecule has 1 amide bonds. The van der Waals surface area contributed by atoms with E-state index in [1.54, 1.807) is 4.68 Å². The molecule has 20 heavy (non-hydrogen) atoms. The minimum Gasteiger partial charge on any atom is -0.309 e. The van der Waals surface area contributed by atoms with E-state index in [9.17, 15) is 4.79 Å². The van der Waals surface area contributed by atoms with Crippen molar-refractivity contribution in [3.05, 3.63) is 35.4 Å². The maximum absolute atomic E-state index is 11.9. The average Bonchev–Trinajstić information content (AvgIpc) is 2.90. The van der Waals surface area contributed by atoms with E-state index in [-0.39, 0.29) is 11.9 Å². The van der Waals surface area contributed by atoms with Crippen LogP contribution in [0.4, 0.5) is 5.82 Å². The monoisotopic (exact) mass is 289 g/mol. The van der Waals surface area contributed by atoms with Crippen LogP contribution in [0.15, 0.2) is 30.3 Å². The third kappa shape index (κ3) is 2.31. The Morgan fingerprint density at radius 1 is 1.35 bits per heavy atom. The van der Waals surface area contributed by atoms with Crippen molar-refractivity contribution in [3.63, 3.8) is 0 Å². The van der Waals surface area contributed by atoms with E-state index in [0.717, 1.165) is 23.5 Å². The Hall–Kier alpha value is -1.81. The number of nitrogens with one attached hydrogen (secondary N) is 1. The van der Waals surface area contributed by atoms with Gasteiger partial charge in [-0.2, -0.15) is 5.10 Å². The number of halogens is 1. The number of anilines is 1. The van der Waals surface area contributed by atoms with E-state index in [4.69, 9.17) is 11.6 Å². The van der Waals surface area contributed by atoms with E-state index in [1.165, 1.54) is 0 Å². The number of nitrogens with zero attached hydrogens (tertiary/aromatic N) is 2. The van der Waals surface area contributed by atoms with Crippen LogP contribution in [0.25, 0.3) is 11.3 Å². The van der Waals surface area contributed by atoms with Crippen LogP contribution in [0.3, 0.4) is 0 Å². The predicted molar refractivity (Wildman–Crippen MR) is 79.8 cm³/mol. The number of hydrogen-bond donors (Lipinski definition) is 1. The van der Waals surface area contributed by atoms with Crippen LogP contribution < -0.4 is 5.32 Å². The van der Waals surface area contributed by atoms with Gasteiger partial charge in [0.1, 0.15) is 11.9 Å². The lowest BCUT2D eigenvalue weighted by molar-refractivity contribution is -0.118. The second-order valence-corrected chi connectivity index (χ2v) is 5.94. The highest BCUT2D eigenvalue weighted by atomic mass is 35.5. The molecule has 5 heteroatoms. The molecule has 1 aliphatic heterocycles. The van der Waals surface area contributed by atoms with Gasteiger partial charge in [-0.05, 0) is 24.5 Å². The number of rotatable bonds is 3. The average molecular weight is 290 g/mol. The fraction of sp³-hybridized carbons (Fsp3) is 0.333. The number of amides is 1. The summed E-state index contributed by atoms with van der Waals surface area (Å²) in [5, 5.41) is 8.16. The lowest BCUT2D eigenvalue weighted by Crippen LogP contribution is -2.18. The van der Waals surface area contributed by atoms with E-state index in [1.807, 2.05) is 30.3 Å². The Balaban J connectivity index is 1.94. The summed E-state index contributed by atoms with van der Waals surface area (Å²) in [6.07, 6.45) is 0.792. The molecular formula is C15H16ClN3O. The third-order valence-corrected chi connectivity index (χ3v) is 3.67. The predicted octanol–water partition coefficient (Wildman–Crippen LogP) is 3.74. The molecule has 2 heterocycles. The summed E-state index contributed by atoms with van der Waals surface area (Å²) in [5.74, 6) is 1.24. The first-order valence-electron chi connectivity index (χ1n) is 6.71. The number of hydrogen-bond acceptors (Lipinski definition) is 2. The summed E-state index contributed by atoms with van der Waals surface area (Å²) in [5.41, 5.74) is 1.85. The quantitative estimate of drug-likeness (QED) is 0.935. The van der Waals surface area contributed by atoms with Gasteiger partial charge in [0.05, 0.1) is 5.69 Å². The van der Waals surface area contributed by atoms with Gasteiger partial charge in [-0.15, -0.1) is 0 Å². The Bertz CT molecular complexity index is 646. The molecule has 3 rings (SSSR count). The number of benzene rings is 1. The Labute approximate surface area is 122 Å². The van der Waals surface area contributed by atoms with Crippen molar-refractivity contribution < 1.29 is 4.79 Å². The summed E-state index contributed by atoms with van der Waals surface area (Å²) in [6, 6.07) is 9.24. The van der Waals surface area contributed by atoms with E-state index < -0.39 is 0 Å². The van der Waals surface area contributed by atoms with E-state index in [2.05, 4.69) is 24.3 Å². The zero-order valence-corrected chi connectivity index (χ0v) is 12.2. The standard InChI is InChI=1S/C15H16ClN3O/c1-9(2)7-13-15(20)17-14-8-12(18-19(13)14)10-3-5-11(16)6-4-10/h3-6,8-9,13H,7H2,1-2H3,(H,17,20). The molecule has 4 nitrogen and oxygen atoms in total. The molecule has 1 atom stereocenters. The first-order chi connectivity index (χ1) is 9.54. The van der Waals surface area contributed by atoms with Gasteiger partial charge in [-0.25, -0.2) is 4.68 Å². The van der Waals surface area contributed by atoms with Crippen LogP contribution in [-0.2, 0) is 4.79 Å². The molecule has 0 spiro atoms. The van der Waals surface area contributed by atoms with Gasteiger partial charge in [-0.1, -0.05) is 37.6 Å². The van der Waals surface area contributed by atoms with Gasteiger partial charge in [0.15, 0.2) is 0 Å². The van der Waals surface area contributed by atoms with Crippen LogP contribution in [0.5, 0.6) is 0 Å². The molecule has 0 radical (unpaired) electrons. The minimum atomic E-state index is -0.203. The number of carbonyl (C=O) groups is 1. The molecule has 0 saturated carbocycles. The highest BCUT2D eigenvalue weighted by molar-refractivity contribution is 6.30. The van der Waals surface area contributed by atoms with Gasteiger partial charge in [0.2, 0.25) is 5.91 Å². The topological polar surface area (TPSA) is 46.9 Å². The molecule has 0 bridgehead atoms. The van der Waals surface area contributed by atoms with Gasteiger partial charge in [0.25, 0.3) is 0 Å². The zero-order valence-electron chi connectivity index (χ0n) is 11.4. The summed E-state index contributed by atoms with van der Waals surface area (Å²) in [6.45, 7) is 4.21. The van der Waals surface area contributed by atoms with Gasteiger partial charge in [-0.3, -0.25) is 4.79 Å². The van der Waals surface area contributed by atoms with Crippen LogP contribution in [0.1, 0.15) is 26.3 Å². The molecule has 0 aliphatic carbocycles. The van der Waals surface area contributed by atoms with Crippen molar-refractivity contribution in [2.24, 2.45) is 5.92 Å². The zero-order chi connectivity index (χ0) is 14.3. The van der Waals surface area contributed by atoms with Crippen molar-refractivity contribution in [1.82, 2.24) is 9.78 Å². The molecule has 104 valence electrons. The number of aromatic nitrogens is 2. The lowest BCUT2D eigenvalue weighted by Gasteiger charge is -2.11. The Morgan fingerprint density at radius 2 is 2.05 bits per heavy atom. The third-order valence-electron chi connectivity index (χ3n) is 3.42. The highest BCUT2D eigenvalue weighted by Gasteiger charge is 2.32. The summed E-state index contributed by atoms with van der Waals surface area (Å²) >= 11 is 5.89. The van der Waals surface area contributed by atoms with Crippen LogP contribution in [-0.4, -0.2) is 15.7 Å². The largest absolute Gasteiger partial charge is 0.309 e. The maximum Gasteiger partial charge on any atom is 0.250 e. The smallest absolute Gasteiger partial charge is 0.250 e. The van der Waals surface area contributed by atoms with Crippen molar-refractivity contribution in [3.8, 4) is 11.3 Å². The molecule has 1 aromatic carbocycles. The summed E-state index contributed by atoms with van der Waals surface area (Å²) in [4.78, 5) is 11.9. The Morgan fingerprint density at radius 3 is 2.70 bits per heavy atom. The van der Waals surface area contributed by atoms with Gasteiger partial charge in [0, 0.05) is 16.7 Å². The normalized spacial score (nSPS) is 17.4. The summed E-state index contributed by atoms with van der Waals surface area (Å²) < 4.78 is 1.80. The van der Waals surface area contributed by atoms with Gasteiger partial charge < -0.3 is 5.32 Å². The molecule has 1 aliphatic rings. The number of fused-ring (bicyclic) bond motifs is 1. The number of carbonyl (C=O) groups excluding carboxylic acids is 1. The van der Waals surface area contributed by atoms with Crippen molar-refractivity contribution in [2.75, 3.05) is 5.32 Å². The molecular weight excluding hydrogens is 274 g/mol. The molecule has 0 saturated heterocycles. The van der Waals surface area contributed by atoms with Crippen LogP contribution >= 0.6 is 11.6 Å². The Kier molecular flexibility index (Phi) is 3.26. The van der Waals surface area contributed by atoms with Crippen molar-refractivity contribution in [1.29, 1.82) is 0 Å². The molecule has 1 N–H and O–H groups in total. The molecule has 0 fully saturated rings. The molecule has 1 aromatic heterocycles.